The van der Waals surface area contributed by atoms with E-state index in [9.17, 15) is 9.90 Å². The Balaban J connectivity index is 1.94. The van der Waals surface area contributed by atoms with Gasteiger partial charge in [-0.15, -0.1) is 0 Å². The molecule has 0 bridgehead atoms. The molecule has 1 N–H and O–H groups in total. The molecule has 0 unspecified atom stereocenters. The van der Waals surface area contributed by atoms with Gasteiger partial charge in [-0.05, 0) is 6.07 Å². The second-order valence-corrected chi connectivity index (χ2v) is 4.78. The number of methoxy groups -OCH3 is 1. The first kappa shape index (κ1) is 13.7. The number of piperazine rings is 1. The van der Waals surface area contributed by atoms with Crippen LogP contribution in [-0.2, 0) is 11.3 Å². The molecule has 5 nitrogen and oxygen atoms in total. The number of ether oxygens (including phenoxy) is 1. The van der Waals surface area contributed by atoms with Crippen LogP contribution in [0.25, 0.3) is 0 Å². The van der Waals surface area contributed by atoms with Gasteiger partial charge in [0, 0.05) is 51.3 Å². The summed E-state index contributed by atoms with van der Waals surface area (Å²) >= 11 is 0. The number of benzene rings is 1. The molecule has 0 radical (unpaired) electrons. The van der Waals surface area contributed by atoms with Gasteiger partial charge < -0.3 is 14.7 Å². The molecule has 1 amide bonds. The predicted octanol–water partition coefficient (Wildman–Crippen LogP) is 1.06. The smallest absolute Gasteiger partial charge is 0.219 e. The van der Waals surface area contributed by atoms with Crippen LogP contribution in [0.15, 0.2) is 18.2 Å². The number of rotatable bonds is 3. The zero-order chi connectivity index (χ0) is 13.8. The van der Waals surface area contributed by atoms with Crippen LogP contribution in [0.4, 0.5) is 0 Å². The zero-order valence-corrected chi connectivity index (χ0v) is 11.4. The minimum atomic E-state index is 0.131. The Morgan fingerprint density at radius 2 is 2.00 bits per heavy atom. The standard InChI is InChI=1S/C14H20N2O3/c1-11(17)16-7-5-15(6-8-16)10-12-3-4-13(19-2)9-14(12)18/h3-4,9,18H,5-8,10H2,1-2H3. The minimum absolute atomic E-state index is 0.131. The van der Waals surface area contributed by atoms with E-state index >= 15 is 0 Å². The SMILES string of the molecule is COc1ccc(CN2CCN(C(C)=O)CC2)c(O)c1. The second kappa shape index (κ2) is 5.93. The summed E-state index contributed by atoms with van der Waals surface area (Å²) in [5, 5.41) is 9.92. The van der Waals surface area contributed by atoms with Crippen molar-refractivity contribution in [2.24, 2.45) is 0 Å². The van der Waals surface area contributed by atoms with Gasteiger partial charge in [0.25, 0.3) is 0 Å². The van der Waals surface area contributed by atoms with Crippen molar-refractivity contribution in [3.05, 3.63) is 23.8 Å². The van der Waals surface area contributed by atoms with Crippen molar-refractivity contribution >= 4 is 5.91 Å². The normalized spacial score (nSPS) is 16.4. The molecule has 0 spiro atoms. The molecule has 0 saturated carbocycles. The van der Waals surface area contributed by atoms with Gasteiger partial charge in [0.05, 0.1) is 7.11 Å². The molecule has 0 aliphatic carbocycles. The van der Waals surface area contributed by atoms with Crippen LogP contribution in [0.1, 0.15) is 12.5 Å². The van der Waals surface area contributed by atoms with Crippen molar-refractivity contribution in [1.82, 2.24) is 9.80 Å². The fraction of sp³-hybridized carbons (Fsp3) is 0.500. The van der Waals surface area contributed by atoms with Gasteiger partial charge in [-0.1, -0.05) is 6.07 Å². The molecule has 0 atom stereocenters. The van der Waals surface area contributed by atoms with E-state index in [0.717, 1.165) is 31.7 Å². The van der Waals surface area contributed by atoms with Crippen molar-refractivity contribution < 1.29 is 14.6 Å². The number of carbonyl (C=O) groups is 1. The highest BCUT2D eigenvalue weighted by atomic mass is 16.5. The fourth-order valence-electron chi connectivity index (χ4n) is 2.27. The molecule has 0 aromatic heterocycles. The molecule has 1 aliphatic rings. The Morgan fingerprint density at radius 1 is 1.32 bits per heavy atom. The number of amides is 1. The third-order valence-corrected chi connectivity index (χ3v) is 3.50. The maximum absolute atomic E-state index is 11.2. The van der Waals surface area contributed by atoms with Crippen LogP contribution in [0.5, 0.6) is 11.5 Å². The number of nitrogens with zero attached hydrogens (tertiary/aromatic N) is 2. The summed E-state index contributed by atoms with van der Waals surface area (Å²) in [7, 11) is 1.58. The fourth-order valence-corrected chi connectivity index (χ4v) is 2.27. The van der Waals surface area contributed by atoms with Crippen molar-refractivity contribution in [3.8, 4) is 11.5 Å². The number of phenols is 1. The lowest BCUT2D eigenvalue weighted by Gasteiger charge is -2.34. The summed E-state index contributed by atoms with van der Waals surface area (Å²) in [6.45, 7) is 5.49. The van der Waals surface area contributed by atoms with Crippen LogP contribution in [0, 0.1) is 0 Å². The summed E-state index contributed by atoms with van der Waals surface area (Å²) in [5.41, 5.74) is 0.886. The highest BCUT2D eigenvalue weighted by Gasteiger charge is 2.19. The largest absolute Gasteiger partial charge is 0.507 e. The molecular formula is C14H20N2O3. The van der Waals surface area contributed by atoms with Gasteiger partial charge in [-0.25, -0.2) is 0 Å². The Bertz CT molecular complexity index is 454. The van der Waals surface area contributed by atoms with Crippen molar-refractivity contribution in [1.29, 1.82) is 0 Å². The van der Waals surface area contributed by atoms with Gasteiger partial charge in [-0.2, -0.15) is 0 Å². The molecule has 1 aromatic carbocycles. The predicted molar refractivity (Wildman–Crippen MR) is 72.2 cm³/mol. The second-order valence-electron chi connectivity index (χ2n) is 4.78. The van der Waals surface area contributed by atoms with Crippen LogP contribution >= 0.6 is 0 Å². The van der Waals surface area contributed by atoms with Crippen molar-refractivity contribution in [3.63, 3.8) is 0 Å². The minimum Gasteiger partial charge on any atom is -0.507 e. The molecule has 1 fully saturated rings. The summed E-state index contributed by atoms with van der Waals surface area (Å²) in [5.74, 6) is 1.04. The van der Waals surface area contributed by atoms with E-state index < -0.39 is 0 Å². The highest BCUT2D eigenvalue weighted by Crippen LogP contribution is 2.24. The molecule has 5 heteroatoms. The average molecular weight is 264 g/mol. The van der Waals surface area contributed by atoms with Gasteiger partial charge in [-0.3, -0.25) is 9.69 Å². The number of carbonyl (C=O) groups excluding carboxylic acids is 1. The lowest BCUT2D eigenvalue weighted by Crippen LogP contribution is -2.47. The Kier molecular flexibility index (Phi) is 4.27. The average Bonchev–Trinajstić information content (AvgIpc) is 2.41. The van der Waals surface area contributed by atoms with Gasteiger partial charge in [0.1, 0.15) is 11.5 Å². The maximum Gasteiger partial charge on any atom is 0.219 e. The Morgan fingerprint density at radius 3 is 2.53 bits per heavy atom. The number of aromatic hydroxyl groups is 1. The van der Waals surface area contributed by atoms with Crippen molar-refractivity contribution in [2.75, 3.05) is 33.3 Å². The molecule has 104 valence electrons. The van der Waals surface area contributed by atoms with Gasteiger partial charge in [0.15, 0.2) is 0 Å². The van der Waals surface area contributed by atoms with E-state index in [-0.39, 0.29) is 11.7 Å². The van der Waals surface area contributed by atoms with E-state index in [1.807, 2.05) is 17.0 Å². The molecule has 19 heavy (non-hydrogen) atoms. The quantitative estimate of drug-likeness (QED) is 0.887. The zero-order valence-electron chi connectivity index (χ0n) is 11.4. The summed E-state index contributed by atoms with van der Waals surface area (Å²) in [6, 6.07) is 5.35. The molecule has 1 aliphatic heterocycles. The van der Waals surface area contributed by atoms with Crippen LogP contribution < -0.4 is 4.74 Å². The van der Waals surface area contributed by atoms with E-state index in [1.54, 1.807) is 20.1 Å². The molecule has 1 saturated heterocycles. The lowest BCUT2D eigenvalue weighted by atomic mass is 10.1. The lowest BCUT2D eigenvalue weighted by molar-refractivity contribution is -0.130. The number of hydrogen-bond donors (Lipinski definition) is 1. The van der Waals surface area contributed by atoms with Gasteiger partial charge >= 0.3 is 0 Å². The first-order valence-electron chi connectivity index (χ1n) is 6.44. The van der Waals surface area contributed by atoms with E-state index in [1.165, 1.54) is 0 Å². The van der Waals surface area contributed by atoms with Crippen LogP contribution in [0.2, 0.25) is 0 Å². The van der Waals surface area contributed by atoms with Gasteiger partial charge in [0.2, 0.25) is 5.91 Å². The molecule has 1 heterocycles. The topological polar surface area (TPSA) is 53.0 Å². The van der Waals surface area contributed by atoms with Crippen LogP contribution in [0.3, 0.4) is 0 Å². The Labute approximate surface area is 113 Å². The van der Waals surface area contributed by atoms with Crippen LogP contribution in [-0.4, -0.2) is 54.1 Å². The van der Waals surface area contributed by atoms with E-state index in [4.69, 9.17) is 4.74 Å². The monoisotopic (exact) mass is 264 g/mol. The molecular weight excluding hydrogens is 244 g/mol. The van der Waals surface area contributed by atoms with E-state index in [2.05, 4.69) is 4.90 Å². The third kappa shape index (κ3) is 3.38. The summed E-state index contributed by atoms with van der Waals surface area (Å²) in [6.07, 6.45) is 0. The highest BCUT2D eigenvalue weighted by molar-refractivity contribution is 5.73. The maximum atomic E-state index is 11.2. The first-order chi connectivity index (χ1) is 9.10. The van der Waals surface area contributed by atoms with Crippen molar-refractivity contribution in [2.45, 2.75) is 13.5 Å². The number of phenolic OH excluding ortho intramolecular Hbond substituents is 1. The number of hydrogen-bond acceptors (Lipinski definition) is 4. The first-order valence-corrected chi connectivity index (χ1v) is 6.44. The Hall–Kier alpha value is -1.75. The molecule has 1 aromatic rings. The van der Waals surface area contributed by atoms with E-state index in [0.29, 0.717) is 12.3 Å². The summed E-state index contributed by atoms with van der Waals surface area (Å²) < 4.78 is 5.06. The molecule has 2 rings (SSSR count). The third-order valence-electron chi connectivity index (χ3n) is 3.50. The summed E-state index contributed by atoms with van der Waals surface area (Å²) in [4.78, 5) is 15.3.